The number of aromatic hydroxyl groups is 1. The first-order valence-electron chi connectivity index (χ1n) is 10.4. The predicted molar refractivity (Wildman–Crippen MR) is 111 cm³/mol. The van der Waals surface area contributed by atoms with E-state index in [1.54, 1.807) is 13.2 Å². The van der Waals surface area contributed by atoms with Crippen molar-refractivity contribution in [3.8, 4) is 11.5 Å². The molecule has 1 aromatic rings. The van der Waals surface area contributed by atoms with Gasteiger partial charge < -0.3 is 24.8 Å². The number of hydrogen-bond acceptors (Lipinski definition) is 5. The van der Waals surface area contributed by atoms with Crippen molar-refractivity contribution in [2.75, 3.05) is 66.1 Å². The number of phenols is 1. The first-order valence-corrected chi connectivity index (χ1v) is 10.4. The molecule has 156 valence electrons. The second-order valence-electron chi connectivity index (χ2n) is 7.49. The Morgan fingerprint density at radius 3 is 2.86 bits per heavy atom. The standard InChI is InChI=1S/C21H34N4O3/c1-3-22-21(23-8-6-18-4-5-19(27-2)14-20(18)26)25-9-7-17(16-25)15-24-10-12-28-13-11-24/h4-5,14,17,26H,3,6-13,15-16H2,1-2H3,(H,22,23). The number of aliphatic imine (C=N–C) groups is 1. The lowest BCUT2D eigenvalue weighted by molar-refractivity contribution is 0.0315. The van der Waals surface area contributed by atoms with Crippen molar-refractivity contribution in [2.45, 2.75) is 19.8 Å². The zero-order valence-electron chi connectivity index (χ0n) is 17.2. The lowest BCUT2D eigenvalue weighted by atomic mass is 10.1. The number of likely N-dealkylation sites (tertiary alicyclic amines) is 1. The third-order valence-electron chi connectivity index (χ3n) is 5.48. The highest BCUT2D eigenvalue weighted by molar-refractivity contribution is 5.80. The van der Waals surface area contributed by atoms with Crippen LogP contribution in [0.5, 0.6) is 11.5 Å². The van der Waals surface area contributed by atoms with Gasteiger partial charge in [-0.25, -0.2) is 0 Å². The molecule has 0 radical (unpaired) electrons. The maximum atomic E-state index is 10.1. The van der Waals surface area contributed by atoms with Crippen LogP contribution in [0.3, 0.4) is 0 Å². The Balaban J connectivity index is 1.52. The van der Waals surface area contributed by atoms with Crippen molar-refractivity contribution in [1.82, 2.24) is 15.1 Å². The van der Waals surface area contributed by atoms with Crippen LogP contribution in [-0.4, -0.2) is 87.0 Å². The van der Waals surface area contributed by atoms with Crippen LogP contribution in [0.2, 0.25) is 0 Å². The summed E-state index contributed by atoms with van der Waals surface area (Å²) in [4.78, 5) is 9.71. The third-order valence-corrected chi connectivity index (χ3v) is 5.48. The minimum Gasteiger partial charge on any atom is -0.508 e. The van der Waals surface area contributed by atoms with Crippen LogP contribution in [0.15, 0.2) is 23.2 Å². The highest BCUT2D eigenvalue weighted by Crippen LogP contribution is 2.24. The summed E-state index contributed by atoms with van der Waals surface area (Å²) in [7, 11) is 1.60. The van der Waals surface area contributed by atoms with E-state index in [-0.39, 0.29) is 5.75 Å². The normalized spacial score (nSPS) is 21.1. The summed E-state index contributed by atoms with van der Waals surface area (Å²) in [5.41, 5.74) is 0.895. The number of benzene rings is 1. The fourth-order valence-corrected chi connectivity index (χ4v) is 3.91. The molecule has 1 aromatic carbocycles. The summed E-state index contributed by atoms with van der Waals surface area (Å²) >= 11 is 0. The molecule has 2 fully saturated rings. The molecule has 3 rings (SSSR count). The van der Waals surface area contributed by atoms with Crippen molar-refractivity contribution in [1.29, 1.82) is 0 Å². The van der Waals surface area contributed by atoms with Crippen molar-refractivity contribution in [3.63, 3.8) is 0 Å². The minimum atomic E-state index is 0.270. The molecular weight excluding hydrogens is 356 g/mol. The fraction of sp³-hybridized carbons (Fsp3) is 0.667. The number of morpholine rings is 1. The van der Waals surface area contributed by atoms with E-state index in [2.05, 4.69) is 22.0 Å². The van der Waals surface area contributed by atoms with E-state index < -0.39 is 0 Å². The van der Waals surface area contributed by atoms with Gasteiger partial charge >= 0.3 is 0 Å². The zero-order chi connectivity index (χ0) is 19.8. The molecule has 0 bridgehead atoms. The minimum absolute atomic E-state index is 0.270. The molecule has 2 heterocycles. The van der Waals surface area contributed by atoms with Crippen LogP contribution in [0.4, 0.5) is 0 Å². The SMILES string of the molecule is CCNC(=NCCc1ccc(OC)cc1O)N1CCC(CN2CCOCC2)C1. The summed E-state index contributed by atoms with van der Waals surface area (Å²) in [5.74, 6) is 2.61. The molecule has 7 nitrogen and oxygen atoms in total. The van der Waals surface area contributed by atoms with Crippen LogP contribution >= 0.6 is 0 Å². The average molecular weight is 391 g/mol. The Morgan fingerprint density at radius 1 is 1.32 bits per heavy atom. The number of nitrogens with zero attached hydrogens (tertiary/aromatic N) is 3. The van der Waals surface area contributed by atoms with Gasteiger partial charge in [0.25, 0.3) is 0 Å². The van der Waals surface area contributed by atoms with E-state index in [1.807, 2.05) is 12.1 Å². The molecule has 1 unspecified atom stereocenters. The van der Waals surface area contributed by atoms with E-state index in [4.69, 9.17) is 14.5 Å². The monoisotopic (exact) mass is 390 g/mol. The molecular formula is C21H34N4O3. The molecule has 2 aliphatic heterocycles. The van der Waals surface area contributed by atoms with Gasteiger partial charge in [-0.05, 0) is 37.3 Å². The van der Waals surface area contributed by atoms with Crippen LogP contribution in [-0.2, 0) is 11.2 Å². The second-order valence-corrected chi connectivity index (χ2v) is 7.49. The van der Waals surface area contributed by atoms with Crippen molar-refractivity contribution >= 4 is 5.96 Å². The van der Waals surface area contributed by atoms with E-state index in [0.717, 1.165) is 64.0 Å². The predicted octanol–water partition coefficient (Wildman–Crippen LogP) is 1.56. The molecule has 0 aliphatic carbocycles. The number of rotatable bonds is 7. The van der Waals surface area contributed by atoms with Gasteiger partial charge in [0.1, 0.15) is 11.5 Å². The molecule has 7 heteroatoms. The highest BCUT2D eigenvalue weighted by Gasteiger charge is 2.27. The van der Waals surface area contributed by atoms with Crippen molar-refractivity contribution in [3.05, 3.63) is 23.8 Å². The van der Waals surface area contributed by atoms with Gasteiger partial charge in [-0.1, -0.05) is 6.07 Å². The molecule has 0 saturated carbocycles. The van der Waals surface area contributed by atoms with Crippen molar-refractivity contribution < 1.29 is 14.6 Å². The molecule has 2 aliphatic rings. The second kappa shape index (κ2) is 10.5. The van der Waals surface area contributed by atoms with E-state index in [0.29, 0.717) is 24.6 Å². The van der Waals surface area contributed by atoms with Gasteiger partial charge in [0.15, 0.2) is 5.96 Å². The Hall–Kier alpha value is -1.99. The molecule has 0 spiro atoms. The smallest absolute Gasteiger partial charge is 0.193 e. The molecule has 2 N–H and O–H groups in total. The largest absolute Gasteiger partial charge is 0.508 e. The maximum Gasteiger partial charge on any atom is 0.193 e. The van der Waals surface area contributed by atoms with E-state index >= 15 is 0 Å². The lowest BCUT2D eigenvalue weighted by Gasteiger charge is -2.29. The van der Waals surface area contributed by atoms with Crippen LogP contribution in [0, 0.1) is 5.92 Å². The quantitative estimate of drug-likeness (QED) is 0.544. The Bertz CT molecular complexity index is 647. The summed E-state index contributed by atoms with van der Waals surface area (Å²) in [5, 5.41) is 13.6. The van der Waals surface area contributed by atoms with E-state index in [1.165, 1.54) is 6.42 Å². The summed E-state index contributed by atoms with van der Waals surface area (Å²) in [6.45, 7) is 10.7. The maximum absolute atomic E-state index is 10.1. The third kappa shape index (κ3) is 5.75. The topological polar surface area (TPSA) is 69.6 Å². The Labute approximate surface area is 168 Å². The first-order chi connectivity index (χ1) is 13.7. The summed E-state index contributed by atoms with van der Waals surface area (Å²) < 4.78 is 10.6. The van der Waals surface area contributed by atoms with Gasteiger partial charge in [-0.15, -0.1) is 0 Å². The Kier molecular flexibility index (Phi) is 7.80. The molecule has 1 atom stereocenters. The van der Waals surface area contributed by atoms with Gasteiger partial charge in [0, 0.05) is 51.9 Å². The number of methoxy groups -OCH3 is 1. The fourth-order valence-electron chi connectivity index (χ4n) is 3.91. The molecule has 2 saturated heterocycles. The number of guanidine groups is 1. The Morgan fingerprint density at radius 2 is 2.14 bits per heavy atom. The van der Waals surface area contributed by atoms with Crippen LogP contribution in [0.25, 0.3) is 0 Å². The van der Waals surface area contributed by atoms with Gasteiger partial charge in [0.2, 0.25) is 0 Å². The van der Waals surface area contributed by atoms with Crippen LogP contribution < -0.4 is 10.1 Å². The van der Waals surface area contributed by atoms with Gasteiger partial charge in [-0.2, -0.15) is 0 Å². The van der Waals surface area contributed by atoms with Crippen molar-refractivity contribution in [2.24, 2.45) is 10.9 Å². The van der Waals surface area contributed by atoms with Gasteiger partial charge in [0.05, 0.1) is 20.3 Å². The lowest BCUT2D eigenvalue weighted by Crippen LogP contribution is -2.42. The van der Waals surface area contributed by atoms with Gasteiger partial charge in [-0.3, -0.25) is 9.89 Å². The summed E-state index contributed by atoms with van der Waals surface area (Å²) in [6.07, 6.45) is 1.91. The molecule has 0 amide bonds. The highest BCUT2D eigenvalue weighted by atomic mass is 16.5. The van der Waals surface area contributed by atoms with E-state index in [9.17, 15) is 5.11 Å². The van der Waals surface area contributed by atoms with Crippen LogP contribution in [0.1, 0.15) is 18.9 Å². The number of phenolic OH excluding ortho intramolecular Hbond substituents is 1. The summed E-state index contributed by atoms with van der Waals surface area (Å²) in [6, 6.07) is 5.44. The zero-order valence-corrected chi connectivity index (χ0v) is 17.2. The first kappa shape index (κ1) is 20.7. The average Bonchev–Trinajstić information content (AvgIpc) is 3.17. The number of ether oxygens (including phenoxy) is 2. The number of hydrogen-bond donors (Lipinski definition) is 2. The number of nitrogens with one attached hydrogen (secondary N) is 1. The molecule has 0 aromatic heterocycles. The molecule has 28 heavy (non-hydrogen) atoms.